The lowest BCUT2D eigenvalue weighted by atomic mass is 9.71. The van der Waals surface area contributed by atoms with Gasteiger partial charge in [-0.25, -0.2) is 0 Å². The Balaban J connectivity index is 2.05. The molecule has 1 heterocycles. The lowest BCUT2D eigenvalue weighted by molar-refractivity contribution is 0.308. The van der Waals surface area contributed by atoms with Crippen LogP contribution in [0.1, 0.15) is 43.0 Å². The maximum atomic E-state index is 4.65. The quantitative estimate of drug-likeness (QED) is 0.923. The van der Waals surface area contributed by atoms with Crippen LogP contribution in [-0.4, -0.2) is 16.8 Å². The van der Waals surface area contributed by atoms with E-state index < -0.39 is 0 Å². The van der Waals surface area contributed by atoms with Crippen molar-refractivity contribution in [3.63, 3.8) is 0 Å². The predicted octanol–water partition coefficient (Wildman–Crippen LogP) is 3.19. The van der Waals surface area contributed by atoms with Crippen molar-refractivity contribution in [1.29, 1.82) is 0 Å². The predicted molar refractivity (Wildman–Crippen MR) is 81.6 cm³/mol. The minimum absolute atomic E-state index is 0.185. The molecule has 1 unspecified atom stereocenters. The van der Waals surface area contributed by atoms with E-state index in [2.05, 4.69) is 53.9 Å². The van der Waals surface area contributed by atoms with Crippen molar-refractivity contribution in [2.24, 2.45) is 7.05 Å². The maximum Gasteiger partial charge on any atom is 0.0802 e. The lowest BCUT2D eigenvalue weighted by Crippen LogP contribution is -2.38. The molecule has 1 aliphatic carbocycles. The second-order valence-corrected chi connectivity index (χ2v) is 5.87. The fourth-order valence-corrected chi connectivity index (χ4v) is 3.81. The van der Waals surface area contributed by atoms with Crippen molar-refractivity contribution >= 4 is 0 Å². The standard InChI is InChI=1S/C17H23N3/c1-18-16(15-10-13-20(2)19-15)17(11-6-7-12-17)14-8-4-3-5-9-14/h3-5,8-10,13,16,18H,6-7,11-12H2,1-2H3. The SMILES string of the molecule is CNC(c1ccn(C)n1)C1(c2ccccc2)CCCC1. The molecule has 1 aliphatic rings. The number of aryl methyl sites for hydroxylation is 1. The Morgan fingerprint density at radius 1 is 1.15 bits per heavy atom. The van der Waals surface area contributed by atoms with Crippen LogP contribution in [0.4, 0.5) is 0 Å². The minimum Gasteiger partial charge on any atom is -0.311 e. The molecule has 1 fully saturated rings. The van der Waals surface area contributed by atoms with E-state index in [1.165, 1.54) is 31.2 Å². The van der Waals surface area contributed by atoms with Crippen LogP contribution >= 0.6 is 0 Å². The first kappa shape index (κ1) is 13.4. The van der Waals surface area contributed by atoms with E-state index >= 15 is 0 Å². The Labute approximate surface area is 121 Å². The molecule has 1 saturated carbocycles. The number of nitrogens with one attached hydrogen (secondary N) is 1. The molecule has 3 nitrogen and oxygen atoms in total. The molecule has 2 aromatic rings. The minimum atomic E-state index is 0.185. The van der Waals surface area contributed by atoms with Crippen molar-refractivity contribution in [3.05, 3.63) is 53.9 Å². The largest absolute Gasteiger partial charge is 0.311 e. The van der Waals surface area contributed by atoms with Gasteiger partial charge in [-0.3, -0.25) is 4.68 Å². The summed E-state index contributed by atoms with van der Waals surface area (Å²) < 4.78 is 1.90. The molecule has 0 radical (unpaired) electrons. The monoisotopic (exact) mass is 269 g/mol. The van der Waals surface area contributed by atoms with Gasteiger partial charge in [-0.1, -0.05) is 43.2 Å². The van der Waals surface area contributed by atoms with Gasteiger partial charge in [-0.2, -0.15) is 5.10 Å². The third-order valence-corrected chi connectivity index (χ3v) is 4.72. The molecular formula is C17H23N3. The molecule has 0 amide bonds. The molecule has 1 N–H and O–H groups in total. The zero-order valence-electron chi connectivity index (χ0n) is 12.3. The molecule has 1 aromatic heterocycles. The third-order valence-electron chi connectivity index (χ3n) is 4.72. The van der Waals surface area contributed by atoms with E-state index in [-0.39, 0.29) is 11.5 Å². The zero-order valence-corrected chi connectivity index (χ0v) is 12.3. The van der Waals surface area contributed by atoms with Crippen molar-refractivity contribution in [2.75, 3.05) is 7.05 Å². The molecule has 3 heteroatoms. The molecule has 20 heavy (non-hydrogen) atoms. The highest BCUT2D eigenvalue weighted by Gasteiger charge is 2.43. The number of hydrogen-bond donors (Lipinski definition) is 1. The summed E-state index contributed by atoms with van der Waals surface area (Å²) in [6, 6.07) is 13.4. The van der Waals surface area contributed by atoms with E-state index in [1.54, 1.807) is 0 Å². The van der Waals surface area contributed by atoms with Crippen LogP contribution in [0.15, 0.2) is 42.6 Å². The highest BCUT2D eigenvalue weighted by atomic mass is 15.3. The summed E-state index contributed by atoms with van der Waals surface area (Å²) >= 11 is 0. The molecule has 0 saturated heterocycles. The molecular weight excluding hydrogens is 246 g/mol. The summed E-state index contributed by atoms with van der Waals surface area (Å²) in [5.41, 5.74) is 2.79. The van der Waals surface area contributed by atoms with Gasteiger partial charge in [0.1, 0.15) is 0 Å². The number of rotatable bonds is 4. The second-order valence-electron chi connectivity index (χ2n) is 5.87. The maximum absolute atomic E-state index is 4.65. The molecule has 3 rings (SSSR count). The fraction of sp³-hybridized carbons (Fsp3) is 0.471. The molecule has 0 aliphatic heterocycles. The number of aromatic nitrogens is 2. The Bertz CT molecular complexity index is 553. The summed E-state index contributed by atoms with van der Waals surface area (Å²) in [6.45, 7) is 0. The molecule has 106 valence electrons. The number of likely N-dealkylation sites (N-methyl/N-ethyl adjacent to an activating group) is 1. The first-order chi connectivity index (χ1) is 9.76. The normalized spacial score (nSPS) is 19.1. The number of nitrogens with zero attached hydrogens (tertiary/aromatic N) is 2. The van der Waals surface area contributed by atoms with Gasteiger partial charge < -0.3 is 5.32 Å². The molecule has 0 spiro atoms. The summed E-state index contributed by atoms with van der Waals surface area (Å²) in [5.74, 6) is 0. The van der Waals surface area contributed by atoms with Gasteiger partial charge in [0.2, 0.25) is 0 Å². The summed E-state index contributed by atoms with van der Waals surface area (Å²) in [4.78, 5) is 0. The second kappa shape index (κ2) is 5.41. The fourth-order valence-electron chi connectivity index (χ4n) is 3.81. The van der Waals surface area contributed by atoms with Gasteiger partial charge >= 0.3 is 0 Å². The van der Waals surface area contributed by atoms with Crippen molar-refractivity contribution in [1.82, 2.24) is 15.1 Å². The molecule has 0 bridgehead atoms. The van der Waals surface area contributed by atoms with E-state index in [0.717, 1.165) is 5.69 Å². The average molecular weight is 269 g/mol. The zero-order chi connectivity index (χ0) is 14.0. The van der Waals surface area contributed by atoms with Gasteiger partial charge in [0.05, 0.1) is 11.7 Å². The molecule has 1 atom stereocenters. The van der Waals surface area contributed by atoms with Crippen molar-refractivity contribution < 1.29 is 0 Å². The van der Waals surface area contributed by atoms with Crippen LogP contribution < -0.4 is 5.32 Å². The van der Waals surface area contributed by atoms with Crippen LogP contribution in [0.5, 0.6) is 0 Å². The van der Waals surface area contributed by atoms with Crippen molar-refractivity contribution in [3.8, 4) is 0 Å². The van der Waals surface area contributed by atoms with Crippen LogP contribution in [0.2, 0.25) is 0 Å². The smallest absolute Gasteiger partial charge is 0.0802 e. The van der Waals surface area contributed by atoms with Gasteiger partial charge in [0, 0.05) is 18.7 Å². The van der Waals surface area contributed by atoms with Gasteiger partial charge in [0.15, 0.2) is 0 Å². The summed E-state index contributed by atoms with van der Waals surface area (Å²) in [7, 11) is 4.04. The van der Waals surface area contributed by atoms with Gasteiger partial charge in [-0.05, 0) is 31.5 Å². The van der Waals surface area contributed by atoms with Gasteiger partial charge in [-0.15, -0.1) is 0 Å². The first-order valence-corrected chi connectivity index (χ1v) is 7.48. The number of benzene rings is 1. The lowest BCUT2D eigenvalue weighted by Gasteiger charge is -2.37. The van der Waals surface area contributed by atoms with E-state index in [1.807, 2.05) is 17.9 Å². The van der Waals surface area contributed by atoms with Gasteiger partial charge in [0.25, 0.3) is 0 Å². The van der Waals surface area contributed by atoms with E-state index in [9.17, 15) is 0 Å². The summed E-state index contributed by atoms with van der Waals surface area (Å²) in [5, 5.41) is 8.19. The molecule has 1 aromatic carbocycles. The Morgan fingerprint density at radius 3 is 2.40 bits per heavy atom. The highest BCUT2D eigenvalue weighted by molar-refractivity contribution is 5.32. The Hall–Kier alpha value is -1.61. The Kier molecular flexibility index (Phi) is 3.62. The van der Waals surface area contributed by atoms with Crippen LogP contribution in [0.25, 0.3) is 0 Å². The van der Waals surface area contributed by atoms with E-state index in [4.69, 9.17) is 0 Å². The van der Waals surface area contributed by atoms with E-state index in [0.29, 0.717) is 0 Å². The van der Waals surface area contributed by atoms with Crippen molar-refractivity contribution in [2.45, 2.75) is 37.1 Å². The van der Waals surface area contributed by atoms with Crippen LogP contribution in [-0.2, 0) is 12.5 Å². The third kappa shape index (κ3) is 2.16. The van der Waals surface area contributed by atoms with Crippen LogP contribution in [0.3, 0.4) is 0 Å². The topological polar surface area (TPSA) is 29.9 Å². The Morgan fingerprint density at radius 2 is 1.85 bits per heavy atom. The summed E-state index contributed by atoms with van der Waals surface area (Å²) in [6.07, 6.45) is 7.12. The van der Waals surface area contributed by atoms with Crippen LogP contribution in [0, 0.1) is 0 Å². The number of hydrogen-bond acceptors (Lipinski definition) is 2. The first-order valence-electron chi connectivity index (χ1n) is 7.48. The average Bonchev–Trinajstić information content (AvgIpc) is 3.12. The highest BCUT2D eigenvalue weighted by Crippen LogP contribution is 2.49.